The third-order valence-electron chi connectivity index (χ3n) is 5.85. The van der Waals surface area contributed by atoms with Crippen molar-refractivity contribution in [2.24, 2.45) is 10.9 Å². The van der Waals surface area contributed by atoms with Crippen molar-refractivity contribution in [2.45, 2.75) is 19.4 Å². The third kappa shape index (κ3) is 3.38. The molecule has 148 valence electrons. The Hall–Kier alpha value is -3.18. The van der Waals surface area contributed by atoms with Crippen LogP contribution in [0.25, 0.3) is 0 Å². The molecule has 3 aliphatic rings. The number of rotatable bonds is 3. The molecule has 2 aromatic rings. The number of aliphatic imine (C=N–C) groups is 1. The summed E-state index contributed by atoms with van der Waals surface area (Å²) in [6, 6.07) is 8.84. The van der Waals surface area contributed by atoms with Gasteiger partial charge in [0, 0.05) is 44.8 Å². The number of oxazole rings is 1. The Labute approximate surface area is 168 Å². The molecule has 0 spiro atoms. The summed E-state index contributed by atoms with van der Waals surface area (Å²) in [6.45, 7) is 4.98. The van der Waals surface area contributed by atoms with Gasteiger partial charge in [0.25, 0.3) is 6.01 Å². The molecule has 0 bridgehead atoms. The maximum atomic E-state index is 12.4. The fourth-order valence-electron chi connectivity index (χ4n) is 4.32. The number of fused-ring (bicyclic) bond motifs is 3. The summed E-state index contributed by atoms with van der Waals surface area (Å²) in [4.78, 5) is 25.7. The topological polar surface area (TPSA) is 97.8 Å². The van der Waals surface area contributed by atoms with Gasteiger partial charge in [0.1, 0.15) is 12.3 Å². The first-order valence-corrected chi connectivity index (χ1v) is 10.0. The number of piperazine rings is 1. The Balaban J connectivity index is 1.25. The highest BCUT2D eigenvalue weighted by Gasteiger charge is 2.33. The molecule has 0 radical (unpaired) electrons. The van der Waals surface area contributed by atoms with Crippen LogP contribution < -0.4 is 10.2 Å². The standard InChI is InChI=1S/C21H22N6O2/c22-11-15-13-29-21(24-15)27-8-6-26(7-9-27)12-14-3-4-16-18(10-14)25-20(28)17-2-1-5-23-19(16)17/h3-4,10,13,17H,1-2,5-9,12H2,(H,25,28). The summed E-state index contributed by atoms with van der Waals surface area (Å²) < 4.78 is 5.39. The van der Waals surface area contributed by atoms with Crippen LogP contribution in [0.15, 0.2) is 33.9 Å². The molecule has 1 saturated heterocycles. The van der Waals surface area contributed by atoms with Crippen LogP contribution in [-0.4, -0.2) is 54.2 Å². The molecule has 3 aliphatic heterocycles. The summed E-state index contributed by atoms with van der Waals surface area (Å²) >= 11 is 0. The number of amides is 1. The Morgan fingerprint density at radius 1 is 1.28 bits per heavy atom. The van der Waals surface area contributed by atoms with Gasteiger partial charge >= 0.3 is 0 Å². The molecule has 1 amide bonds. The maximum absolute atomic E-state index is 12.4. The zero-order valence-electron chi connectivity index (χ0n) is 16.1. The molecule has 5 rings (SSSR count). The first-order chi connectivity index (χ1) is 14.2. The monoisotopic (exact) mass is 390 g/mol. The molecule has 1 N–H and O–H groups in total. The van der Waals surface area contributed by atoms with E-state index in [1.807, 2.05) is 6.07 Å². The lowest BCUT2D eigenvalue weighted by Crippen LogP contribution is -2.46. The number of nitrogens with one attached hydrogen (secondary N) is 1. The molecule has 1 unspecified atom stereocenters. The summed E-state index contributed by atoms with van der Waals surface area (Å²) in [5.74, 6) is -0.0173. The van der Waals surface area contributed by atoms with E-state index in [0.717, 1.165) is 69.1 Å². The average Bonchev–Trinajstić information content (AvgIpc) is 3.24. The molecule has 1 fully saturated rings. The van der Waals surface area contributed by atoms with Crippen molar-refractivity contribution in [3.05, 3.63) is 41.3 Å². The predicted octanol–water partition coefficient (Wildman–Crippen LogP) is 2.02. The van der Waals surface area contributed by atoms with Crippen LogP contribution in [-0.2, 0) is 11.3 Å². The Bertz CT molecular complexity index is 1010. The van der Waals surface area contributed by atoms with Crippen molar-refractivity contribution in [3.63, 3.8) is 0 Å². The molecule has 1 atom stereocenters. The summed E-state index contributed by atoms with van der Waals surface area (Å²) in [6.07, 6.45) is 3.26. The number of nitriles is 1. The quantitative estimate of drug-likeness (QED) is 0.861. The number of anilines is 2. The molecule has 8 nitrogen and oxygen atoms in total. The van der Waals surface area contributed by atoms with E-state index in [4.69, 9.17) is 9.68 Å². The van der Waals surface area contributed by atoms with Gasteiger partial charge in [0.15, 0.2) is 5.69 Å². The van der Waals surface area contributed by atoms with Crippen LogP contribution >= 0.6 is 0 Å². The third-order valence-corrected chi connectivity index (χ3v) is 5.85. The van der Waals surface area contributed by atoms with Gasteiger partial charge in [0.05, 0.1) is 17.3 Å². The second kappa shape index (κ2) is 7.33. The number of aromatic nitrogens is 1. The van der Waals surface area contributed by atoms with Crippen LogP contribution in [0.2, 0.25) is 0 Å². The normalized spacial score (nSPS) is 21.6. The molecule has 1 aromatic heterocycles. The molecule has 29 heavy (non-hydrogen) atoms. The van der Waals surface area contributed by atoms with Gasteiger partial charge in [-0.25, -0.2) is 0 Å². The van der Waals surface area contributed by atoms with Crippen LogP contribution in [0.5, 0.6) is 0 Å². The van der Waals surface area contributed by atoms with Crippen LogP contribution in [0.4, 0.5) is 11.7 Å². The highest BCUT2D eigenvalue weighted by molar-refractivity contribution is 6.23. The van der Waals surface area contributed by atoms with E-state index < -0.39 is 0 Å². The fourth-order valence-corrected chi connectivity index (χ4v) is 4.32. The van der Waals surface area contributed by atoms with Crippen molar-refractivity contribution in [3.8, 4) is 6.07 Å². The molecule has 4 heterocycles. The van der Waals surface area contributed by atoms with Gasteiger partial charge in [-0.2, -0.15) is 10.2 Å². The Morgan fingerprint density at radius 2 is 2.14 bits per heavy atom. The maximum Gasteiger partial charge on any atom is 0.298 e. The smallest absolute Gasteiger partial charge is 0.298 e. The summed E-state index contributed by atoms with van der Waals surface area (Å²) in [5, 5.41) is 12.0. The number of nitrogens with zero attached hydrogens (tertiary/aromatic N) is 5. The lowest BCUT2D eigenvalue weighted by molar-refractivity contribution is -0.118. The van der Waals surface area contributed by atoms with Gasteiger partial charge in [-0.1, -0.05) is 12.1 Å². The molecular formula is C21H22N6O2. The SMILES string of the molecule is N#Cc1coc(N2CCN(Cc3ccc4c(c3)NC(=O)C3CCCN=C43)CC2)n1. The van der Waals surface area contributed by atoms with Crippen LogP contribution in [0.1, 0.15) is 29.7 Å². The van der Waals surface area contributed by atoms with E-state index in [9.17, 15) is 4.79 Å². The fraction of sp³-hybridized carbons (Fsp3) is 0.429. The highest BCUT2D eigenvalue weighted by Crippen LogP contribution is 2.32. The zero-order chi connectivity index (χ0) is 19.8. The molecule has 0 aliphatic carbocycles. The summed E-state index contributed by atoms with van der Waals surface area (Å²) in [5.41, 5.74) is 4.39. The molecule has 1 aromatic carbocycles. The van der Waals surface area contributed by atoms with E-state index in [1.165, 1.54) is 11.8 Å². The molecular weight excluding hydrogens is 368 g/mol. The second-order valence-corrected chi connectivity index (χ2v) is 7.72. The van der Waals surface area contributed by atoms with Crippen molar-refractivity contribution in [2.75, 3.05) is 42.9 Å². The van der Waals surface area contributed by atoms with E-state index >= 15 is 0 Å². The second-order valence-electron chi connectivity index (χ2n) is 7.72. The minimum Gasteiger partial charge on any atom is -0.431 e. The minimum absolute atomic E-state index is 0.0735. The predicted molar refractivity (Wildman–Crippen MR) is 108 cm³/mol. The number of carbonyl (C=O) groups is 1. The average molecular weight is 390 g/mol. The Morgan fingerprint density at radius 3 is 2.93 bits per heavy atom. The first-order valence-electron chi connectivity index (χ1n) is 10.0. The lowest BCUT2D eigenvalue weighted by atomic mass is 9.85. The molecule has 8 heteroatoms. The van der Waals surface area contributed by atoms with Gasteiger partial charge in [-0.3, -0.25) is 14.7 Å². The van der Waals surface area contributed by atoms with Crippen LogP contribution in [0, 0.1) is 17.2 Å². The Kier molecular flexibility index (Phi) is 4.52. The zero-order valence-corrected chi connectivity index (χ0v) is 16.1. The number of hydrogen-bond donors (Lipinski definition) is 1. The number of benzene rings is 1. The van der Waals surface area contributed by atoms with Crippen molar-refractivity contribution < 1.29 is 9.21 Å². The largest absolute Gasteiger partial charge is 0.431 e. The number of carbonyl (C=O) groups excluding carboxylic acids is 1. The highest BCUT2D eigenvalue weighted by atomic mass is 16.4. The van der Waals surface area contributed by atoms with E-state index in [-0.39, 0.29) is 11.8 Å². The van der Waals surface area contributed by atoms with E-state index in [0.29, 0.717) is 11.7 Å². The number of hydrogen-bond acceptors (Lipinski definition) is 7. The van der Waals surface area contributed by atoms with Gasteiger partial charge < -0.3 is 14.6 Å². The molecule has 0 saturated carbocycles. The van der Waals surface area contributed by atoms with Crippen molar-refractivity contribution in [1.29, 1.82) is 5.26 Å². The van der Waals surface area contributed by atoms with E-state index in [1.54, 1.807) is 0 Å². The summed E-state index contributed by atoms with van der Waals surface area (Å²) in [7, 11) is 0. The van der Waals surface area contributed by atoms with Crippen molar-refractivity contribution in [1.82, 2.24) is 9.88 Å². The van der Waals surface area contributed by atoms with Gasteiger partial charge in [-0.15, -0.1) is 0 Å². The lowest BCUT2D eigenvalue weighted by Gasteiger charge is -2.34. The van der Waals surface area contributed by atoms with Crippen LogP contribution in [0.3, 0.4) is 0 Å². The van der Waals surface area contributed by atoms with E-state index in [2.05, 4.69) is 43.3 Å². The first kappa shape index (κ1) is 17.9. The van der Waals surface area contributed by atoms with Crippen molar-refractivity contribution >= 4 is 23.3 Å². The minimum atomic E-state index is -0.0908. The van der Waals surface area contributed by atoms with Gasteiger partial charge in [-0.05, 0) is 24.5 Å². The van der Waals surface area contributed by atoms with Gasteiger partial charge in [0.2, 0.25) is 5.91 Å².